The number of alkyl halides is 3. The number of benzene rings is 1. The van der Waals surface area contributed by atoms with Crippen molar-refractivity contribution in [1.29, 1.82) is 0 Å². The monoisotopic (exact) mass is 397 g/mol. The van der Waals surface area contributed by atoms with Crippen LogP contribution in [-0.4, -0.2) is 40.8 Å². The lowest BCUT2D eigenvalue weighted by molar-refractivity contribution is -0.143. The zero-order chi connectivity index (χ0) is 21.2. The van der Waals surface area contributed by atoms with Crippen molar-refractivity contribution >= 4 is 12.1 Å². The van der Waals surface area contributed by atoms with Crippen LogP contribution in [0.4, 0.5) is 26.7 Å². The molecule has 0 saturated heterocycles. The zero-order valence-electron chi connectivity index (χ0n) is 15.2. The molecule has 0 bridgehead atoms. The number of nitrogens with zero attached hydrogens (tertiary/aromatic N) is 1. The van der Waals surface area contributed by atoms with E-state index in [0.717, 1.165) is 4.90 Å². The van der Waals surface area contributed by atoms with Gasteiger partial charge in [-0.1, -0.05) is 0 Å². The van der Waals surface area contributed by atoms with E-state index in [9.17, 15) is 36.6 Å². The van der Waals surface area contributed by atoms with Gasteiger partial charge in [0, 0.05) is 7.05 Å². The van der Waals surface area contributed by atoms with Crippen molar-refractivity contribution in [3.63, 3.8) is 0 Å². The van der Waals surface area contributed by atoms with Gasteiger partial charge in [0.15, 0.2) is 0 Å². The second-order valence-corrected chi connectivity index (χ2v) is 6.92. The molecule has 27 heavy (non-hydrogen) atoms. The number of hydrogen-bond acceptors (Lipinski definition) is 3. The largest absolute Gasteiger partial charge is 0.480 e. The molecule has 0 saturated carbocycles. The molecule has 1 N–H and O–H groups in total. The van der Waals surface area contributed by atoms with Crippen LogP contribution in [0, 0.1) is 11.6 Å². The summed E-state index contributed by atoms with van der Waals surface area (Å²) >= 11 is 0. The lowest BCUT2D eigenvalue weighted by Crippen LogP contribution is -2.45. The average Bonchev–Trinajstić information content (AvgIpc) is 2.42. The van der Waals surface area contributed by atoms with Gasteiger partial charge in [-0.25, -0.2) is 18.4 Å². The Bertz CT molecular complexity index is 689. The van der Waals surface area contributed by atoms with Crippen LogP contribution in [0.15, 0.2) is 12.1 Å². The molecular formula is C17H20F5NO4. The molecule has 1 rings (SSSR count). The van der Waals surface area contributed by atoms with Gasteiger partial charge in [-0.3, -0.25) is 4.90 Å². The lowest BCUT2D eigenvalue weighted by Gasteiger charge is -2.28. The van der Waals surface area contributed by atoms with Gasteiger partial charge in [-0.05, 0) is 51.3 Å². The minimum atomic E-state index is -5.19. The van der Waals surface area contributed by atoms with Crippen molar-refractivity contribution in [2.75, 3.05) is 7.05 Å². The molecule has 10 heteroatoms. The fourth-order valence-electron chi connectivity index (χ4n) is 2.29. The van der Waals surface area contributed by atoms with Gasteiger partial charge in [-0.15, -0.1) is 0 Å². The number of likely N-dealkylation sites (N-methyl/N-ethyl adjacent to an activating group) is 1. The molecule has 0 aromatic heterocycles. The van der Waals surface area contributed by atoms with Crippen LogP contribution in [-0.2, 0) is 22.1 Å². The highest BCUT2D eigenvalue weighted by atomic mass is 19.4. The van der Waals surface area contributed by atoms with E-state index >= 15 is 0 Å². The Morgan fingerprint density at radius 2 is 1.63 bits per heavy atom. The van der Waals surface area contributed by atoms with Gasteiger partial charge in [-0.2, -0.15) is 13.2 Å². The minimum absolute atomic E-state index is 0.165. The molecule has 0 heterocycles. The second kappa shape index (κ2) is 8.10. The minimum Gasteiger partial charge on any atom is -0.480 e. The smallest absolute Gasteiger partial charge is 0.422 e. The van der Waals surface area contributed by atoms with Crippen LogP contribution in [0.2, 0.25) is 0 Å². The predicted molar refractivity (Wildman–Crippen MR) is 85.1 cm³/mol. The van der Waals surface area contributed by atoms with E-state index in [1.54, 1.807) is 20.8 Å². The Kier molecular flexibility index (Phi) is 6.79. The summed E-state index contributed by atoms with van der Waals surface area (Å²) in [6.07, 6.45) is -6.65. The molecule has 1 unspecified atom stereocenters. The van der Waals surface area contributed by atoms with Gasteiger partial charge in [0.25, 0.3) is 0 Å². The fraction of sp³-hybridized carbons (Fsp3) is 0.529. The fourth-order valence-corrected chi connectivity index (χ4v) is 2.29. The Hall–Kier alpha value is -2.39. The maximum Gasteiger partial charge on any atom is 0.422 e. The maximum atomic E-state index is 13.6. The first-order valence-electron chi connectivity index (χ1n) is 7.87. The molecule has 0 fully saturated rings. The van der Waals surface area contributed by atoms with Crippen LogP contribution in [0.25, 0.3) is 0 Å². The SMILES string of the molecule is CN(C(=O)OC(C)(C)C)C(CCc1cc(F)c(C(F)(F)F)c(F)c1)C(=O)O. The third-order valence-electron chi connectivity index (χ3n) is 3.53. The van der Waals surface area contributed by atoms with Gasteiger partial charge in [0.1, 0.15) is 28.8 Å². The Labute approximate surface area is 152 Å². The van der Waals surface area contributed by atoms with Crippen molar-refractivity contribution in [2.24, 2.45) is 0 Å². The molecule has 0 aliphatic rings. The Morgan fingerprint density at radius 3 is 2.00 bits per heavy atom. The molecule has 0 spiro atoms. The highest BCUT2D eigenvalue weighted by Crippen LogP contribution is 2.34. The van der Waals surface area contributed by atoms with E-state index in [0.29, 0.717) is 12.1 Å². The Balaban J connectivity index is 2.95. The van der Waals surface area contributed by atoms with Crippen molar-refractivity contribution in [1.82, 2.24) is 4.90 Å². The number of aryl methyl sites for hydroxylation is 1. The number of carbonyl (C=O) groups excluding carboxylic acids is 1. The zero-order valence-corrected chi connectivity index (χ0v) is 15.2. The summed E-state index contributed by atoms with van der Waals surface area (Å²) in [4.78, 5) is 24.2. The second-order valence-electron chi connectivity index (χ2n) is 6.92. The van der Waals surface area contributed by atoms with Crippen LogP contribution in [0.5, 0.6) is 0 Å². The number of hydrogen-bond donors (Lipinski definition) is 1. The molecule has 0 radical (unpaired) electrons. The third kappa shape index (κ3) is 6.37. The Morgan fingerprint density at radius 1 is 1.15 bits per heavy atom. The summed E-state index contributed by atoms with van der Waals surface area (Å²) in [6, 6.07) is -0.399. The van der Waals surface area contributed by atoms with E-state index in [-0.39, 0.29) is 18.4 Å². The normalized spacial score (nSPS) is 13.2. The molecule has 0 aliphatic heterocycles. The van der Waals surface area contributed by atoms with Crippen LogP contribution >= 0.6 is 0 Å². The summed E-state index contributed by atoms with van der Waals surface area (Å²) in [5.74, 6) is -4.97. The average molecular weight is 397 g/mol. The van der Waals surface area contributed by atoms with Gasteiger partial charge < -0.3 is 9.84 Å². The van der Waals surface area contributed by atoms with Crippen LogP contribution < -0.4 is 0 Å². The highest BCUT2D eigenvalue weighted by Gasteiger charge is 2.38. The summed E-state index contributed by atoms with van der Waals surface area (Å²) in [7, 11) is 1.18. The molecule has 0 aliphatic carbocycles. The summed E-state index contributed by atoms with van der Waals surface area (Å²) < 4.78 is 70.0. The molecule has 5 nitrogen and oxygen atoms in total. The standard InChI is InChI=1S/C17H20F5NO4/c1-16(2,3)27-15(26)23(4)12(14(24)25)6-5-9-7-10(18)13(11(19)8-9)17(20,21)22/h7-8,12H,5-6H2,1-4H3,(H,24,25). The van der Waals surface area contributed by atoms with E-state index in [2.05, 4.69) is 0 Å². The molecule has 152 valence electrons. The predicted octanol–water partition coefficient (Wildman–Crippen LogP) is 4.24. The number of halogens is 5. The number of carboxylic acids is 1. The van der Waals surface area contributed by atoms with Crippen LogP contribution in [0.1, 0.15) is 38.3 Å². The maximum absolute atomic E-state index is 13.6. The number of carbonyl (C=O) groups is 2. The van der Waals surface area contributed by atoms with Gasteiger partial charge in [0.2, 0.25) is 0 Å². The number of amides is 1. The van der Waals surface area contributed by atoms with Crippen molar-refractivity contribution in [3.05, 3.63) is 34.9 Å². The number of aliphatic carboxylic acids is 1. The first-order valence-corrected chi connectivity index (χ1v) is 7.87. The van der Waals surface area contributed by atoms with E-state index in [1.165, 1.54) is 7.05 Å². The van der Waals surface area contributed by atoms with Gasteiger partial charge in [0.05, 0.1) is 0 Å². The number of ether oxygens (including phenoxy) is 1. The molecular weight excluding hydrogens is 377 g/mol. The highest BCUT2D eigenvalue weighted by molar-refractivity contribution is 5.80. The van der Waals surface area contributed by atoms with Crippen molar-refractivity contribution < 1.29 is 41.4 Å². The van der Waals surface area contributed by atoms with Crippen molar-refractivity contribution in [3.8, 4) is 0 Å². The summed E-state index contributed by atoms with van der Waals surface area (Å²) in [5, 5.41) is 9.28. The van der Waals surface area contributed by atoms with Gasteiger partial charge >= 0.3 is 18.2 Å². The molecule has 1 aromatic rings. The summed E-state index contributed by atoms with van der Waals surface area (Å²) in [6.45, 7) is 4.76. The van der Waals surface area contributed by atoms with Crippen molar-refractivity contribution in [2.45, 2.75) is 51.4 Å². The quantitative estimate of drug-likeness (QED) is 0.755. The molecule has 1 amide bonds. The van der Waals surface area contributed by atoms with Crippen LogP contribution in [0.3, 0.4) is 0 Å². The molecule has 1 atom stereocenters. The van der Waals surface area contributed by atoms with E-state index < -0.39 is 47.1 Å². The first kappa shape index (κ1) is 22.7. The lowest BCUT2D eigenvalue weighted by atomic mass is 10.0. The first-order chi connectivity index (χ1) is 12.1. The van der Waals surface area contributed by atoms with E-state index in [4.69, 9.17) is 4.74 Å². The topological polar surface area (TPSA) is 66.8 Å². The third-order valence-corrected chi connectivity index (χ3v) is 3.53. The molecule has 1 aromatic carbocycles. The summed E-state index contributed by atoms with van der Waals surface area (Å²) in [5.41, 5.74) is -3.04. The number of rotatable bonds is 5. The van der Waals surface area contributed by atoms with E-state index in [1.807, 2.05) is 0 Å². The number of carboxylic acid groups (broad SMARTS) is 1.